The van der Waals surface area contributed by atoms with Gasteiger partial charge in [0.1, 0.15) is 4.21 Å². The normalized spacial score (nSPS) is 19.3. The van der Waals surface area contributed by atoms with Crippen molar-refractivity contribution in [1.29, 1.82) is 0 Å². The molecule has 2 heterocycles. The van der Waals surface area contributed by atoms with E-state index in [2.05, 4.69) is 44.3 Å². The lowest BCUT2D eigenvalue weighted by molar-refractivity contribution is -0.126. The first-order valence-electron chi connectivity index (χ1n) is 9.74. The van der Waals surface area contributed by atoms with Gasteiger partial charge in [0.2, 0.25) is 5.91 Å². The summed E-state index contributed by atoms with van der Waals surface area (Å²) in [7, 11) is -3.51. The number of aryl methyl sites for hydroxylation is 2. The number of piperidine rings is 1. The maximum Gasteiger partial charge on any atom is 0.252 e. The molecule has 1 fully saturated rings. The summed E-state index contributed by atoms with van der Waals surface area (Å²) >= 11 is 1.22. The predicted octanol–water partition coefficient (Wildman–Crippen LogP) is 4.03. The SMILES string of the molecule is CC[C@H](NC(=O)[C@@H]1CCCN(S(=O)(=O)c2cccs2)C1)c1ccc(C)c(C)c1. The van der Waals surface area contributed by atoms with E-state index < -0.39 is 10.0 Å². The Morgan fingerprint density at radius 2 is 2.07 bits per heavy atom. The summed E-state index contributed by atoms with van der Waals surface area (Å²) in [6, 6.07) is 9.56. The van der Waals surface area contributed by atoms with Crippen LogP contribution in [0.4, 0.5) is 0 Å². The number of hydrogen-bond donors (Lipinski definition) is 1. The third-order valence-electron chi connectivity index (χ3n) is 5.50. The van der Waals surface area contributed by atoms with Crippen LogP contribution in [0.15, 0.2) is 39.9 Å². The van der Waals surface area contributed by atoms with Crippen LogP contribution >= 0.6 is 11.3 Å². The molecule has 1 aromatic carbocycles. The quantitative estimate of drug-likeness (QED) is 0.767. The van der Waals surface area contributed by atoms with Crippen LogP contribution in [0.1, 0.15) is 48.9 Å². The topological polar surface area (TPSA) is 66.5 Å². The molecule has 0 unspecified atom stereocenters. The molecule has 1 amide bonds. The van der Waals surface area contributed by atoms with E-state index >= 15 is 0 Å². The molecule has 0 spiro atoms. The molecular formula is C21H28N2O3S2. The van der Waals surface area contributed by atoms with Gasteiger partial charge in [-0.2, -0.15) is 4.31 Å². The van der Waals surface area contributed by atoms with Gasteiger partial charge in [0.25, 0.3) is 10.0 Å². The molecule has 1 aliphatic heterocycles. The Kier molecular flexibility index (Phi) is 6.58. The van der Waals surface area contributed by atoms with Crippen molar-refractivity contribution >= 4 is 27.3 Å². The molecule has 2 aromatic rings. The number of benzene rings is 1. The molecular weight excluding hydrogens is 392 g/mol. The minimum atomic E-state index is -3.51. The zero-order valence-corrected chi connectivity index (χ0v) is 18.3. The van der Waals surface area contributed by atoms with Crippen molar-refractivity contribution in [3.63, 3.8) is 0 Å². The first-order chi connectivity index (χ1) is 13.3. The molecule has 28 heavy (non-hydrogen) atoms. The van der Waals surface area contributed by atoms with E-state index in [1.165, 1.54) is 26.8 Å². The Bertz CT molecular complexity index is 923. The largest absolute Gasteiger partial charge is 0.349 e. The van der Waals surface area contributed by atoms with Crippen molar-refractivity contribution in [2.45, 2.75) is 50.3 Å². The Labute approximate surface area is 171 Å². The monoisotopic (exact) mass is 420 g/mol. The van der Waals surface area contributed by atoms with Crippen molar-refractivity contribution in [2.75, 3.05) is 13.1 Å². The standard InChI is InChI=1S/C21H28N2O3S2/c1-4-19(17-10-9-15(2)16(3)13-17)22-21(24)18-7-5-11-23(14-18)28(25,26)20-8-6-12-27-20/h6,8-10,12-13,18-19H,4-5,7,11,14H2,1-3H3,(H,22,24)/t18-,19+/m1/s1. The molecule has 0 radical (unpaired) electrons. The molecule has 1 aromatic heterocycles. The highest BCUT2D eigenvalue weighted by Gasteiger charge is 2.34. The van der Waals surface area contributed by atoms with Crippen LogP contribution in [-0.2, 0) is 14.8 Å². The van der Waals surface area contributed by atoms with E-state index in [-0.39, 0.29) is 24.4 Å². The predicted molar refractivity (Wildman–Crippen MR) is 113 cm³/mol. The zero-order chi connectivity index (χ0) is 20.3. The average molecular weight is 421 g/mol. The van der Waals surface area contributed by atoms with Gasteiger partial charge < -0.3 is 5.32 Å². The van der Waals surface area contributed by atoms with Crippen LogP contribution in [0.5, 0.6) is 0 Å². The van der Waals surface area contributed by atoms with Gasteiger partial charge in [-0.3, -0.25) is 4.79 Å². The second kappa shape index (κ2) is 8.76. The fraction of sp³-hybridized carbons (Fsp3) is 0.476. The summed E-state index contributed by atoms with van der Waals surface area (Å²) in [4.78, 5) is 12.9. The summed E-state index contributed by atoms with van der Waals surface area (Å²) in [6.07, 6.45) is 2.20. The van der Waals surface area contributed by atoms with E-state index in [1.54, 1.807) is 17.5 Å². The number of nitrogens with zero attached hydrogens (tertiary/aromatic N) is 1. The zero-order valence-electron chi connectivity index (χ0n) is 16.6. The van der Waals surface area contributed by atoms with Crippen LogP contribution in [0.3, 0.4) is 0 Å². The number of nitrogens with one attached hydrogen (secondary N) is 1. The van der Waals surface area contributed by atoms with Gasteiger partial charge in [0, 0.05) is 13.1 Å². The van der Waals surface area contributed by atoms with E-state index in [4.69, 9.17) is 0 Å². The summed E-state index contributed by atoms with van der Waals surface area (Å²) in [5.41, 5.74) is 3.53. The lowest BCUT2D eigenvalue weighted by Gasteiger charge is -2.32. The summed E-state index contributed by atoms with van der Waals surface area (Å²) < 4.78 is 27.4. The van der Waals surface area contributed by atoms with Gasteiger partial charge in [0.05, 0.1) is 12.0 Å². The summed E-state index contributed by atoms with van der Waals surface area (Å²) in [5, 5.41) is 4.91. The Balaban J connectivity index is 1.70. The highest BCUT2D eigenvalue weighted by molar-refractivity contribution is 7.91. The van der Waals surface area contributed by atoms with Gasteiger partial charge in [-0.25, -0.2) is 8.42 Å². The van der Waals surface area contributed by atoms with Gasteiger partial charge >= 0.3 is 0 Å². The van der Waals surface area contributed by atoms with Crippen molar-refractivity contribution in [2.24, 2.45) is 5.92 Å². The molecule has 3 rings (SSSR count). The fourth-order valence-corrected chi connectivity index (χ4v) is 6.27. The molecule has 5 nitrogen and oxygen atoms in total. The number of amides is 1. The molecule has 7 heteroatoms. The lowest BCUT2D eigenvalue weighted by Crippen LogP contribution is -2.45. The fourth-order valence-electron chi connectivity index (χ4n) is 3.60. The molecule has 0 aliphatic carbocycles. The number of carbonyl (C=O) groups is 1. The Morgan fingerprint density at radius 3 is 2.71 bits per heavy atom. The number of thiophene rings is 1. The molecule has 0 bridgehead atoms. The Morgan fingerprint density at radius 1 is 1.29 bits per heavy atom. The lowest BCUT2D eigenvalue weighted by atomic mass is 9.96. The van der Waals surface area contributed by atoms with Crippen molar-refractivity contribution in [3.8, 4) is 0 Å². The van der Waals surface area contributed by atoms with Crippen LogP contribution in [-0.4, -0.2) is 31.7 Å². The van der Waals surface area contributed by atoms with Crippen LogP contribution in [0.25, 0.3) is 0 Å². The maximum absolute atomic E-state index is 12.9. The van der Waals surface area contributed by atoms with E-state index in [0.717, 1.165) is 12.0 Å². The third-order valence-corrected chi connectivity index (χ3v) is 8.74. The van der Waals surface area contributed by atoms with Gasteiger partial charge in [-0.15, -0.1) is 11.3 Å². The van der Waals surface area contributed by atoms with E-state index in [1.807, 2.05) is 0 Å². The van der Waals surface area contributed by atoms with E-state index in [0.29, 0.717) is 23.6 Å². The molecule has 2 atom stereocenters. The second-order valence-electron chi connectivity index (χ2n) is 7.45. The minimum absolute atomic E-state index is 0.0591. The highest BCUT2D eigenvalue weighted by atomic mass is 32.2. The molecule has 1 saturated heterocycles. The van der Waals surface area contributed by atoms with Crippen molar-refractivity contribution in [3.05, 3.63) is 52.4 Å². The van der Waals surface area contributed by atoms with Crippen LogP contribution in [0.2, 0.25) is 0 Å². The smallest absolute Gasteiger partial charge is 0.252 e. The van der Waals surface area contributed by atoms with Crippen LogP contribution in [0, 0.1) is 19.8 Å². The number of carbonyl (C=O) groups excluding carboxylic acids is 1. The first kappa shape index (κ1) is 21.0. The van der Waals surface area contributed by atoms with Crippen LogP contribution < -0.4 is 5.32 Å². The summed E-state index contributed by atoms with van der Waals surface area (Å²) in [5.74, 6) is -0.375. The highest BCUT2D eigenvalue weighted by Crippen LogP contribution is 2.27. The minimum Gasteiger partial charge on any atom is -0.349 e. The van der Waals surface area contributed by atoms with Gasteiger partial charge in [0.15, 0.2) is 0 Å². The summed E-state index contributed by atoms with van der Waals surface area (Å²) in [6.45, 7) is 6.91. The Hall–Kier alpha value is -1.70. The molecule has 152 valence electrons. The van der Waals surface area contributed by atoms with Crippen molar-refractivity contribution in [1.82, 2.24) is 9.62 Å². The molecule has 1 aliphatic rings. The van der Waals surface area contributed by atoms with E-state index in [9.17, 15) is 13.2 Å². The average Bonchev–Trinajstić information content (AvgIpc) is 3.24. The number of rotatable bonds is 6. The molecule has 0 saturated carbocycles. The third kappa shape index (κ3) is 4.47. The van der Waals surface area contributed by atoms with Gasteiger partial charge in [-0.05, 0) is 61.2 Å². The number of hydrogen-bond acceptors (Lipinski definition) is 4. The maximum atomic E-state index is 12.9. The first-order valence-corrected chi connectivity index (χ1v) is 12.1. The number of sulfonamides is 1. The van der Waals surface area contributed by atoms with Gasteiger partial charge in [-0.1, -0.05) is 31.2 Å². The molecule has 1 N–H and O–H groups in total. The second-order valence-corrected chi connectivity index (χ2v) is 10.6. The van der Waals surface area contributed by atoms with Crippen molar-refractivity contribution < 1.29 is 13.2 Å².